The van der Waals surface area contributed by atoms with Crippen LogP contribution in [0.25, 0.3) is 0 Å². The number of nitrogens with one attached hydrogen (secondary N) is 2. The molecule has 2 N–H and O–H groups in total. The Morgan fingerprint density at radius 2 is 2.30 bits per heavy atom. The van der Waals surface area contributed by atoms with E-state index in [1.807, 2.05) is 25.2 Å². The highest BCUT2D eigenvalue weighted by Crippen LogP contribution is 2.29. The molecule has 102 valence electrons. The van der Waals surface area contributed by atoms with Crippen LogP contribution in [-0.2, 0) is 6.42 Å². The molecule has 0 saturated carbocycles. The summed E-state index contributed by atoms with van der Waals surface area (Å²) >= 11 is 0. The van der Waals surface area contributed by atoms with Gasteiger partial charge in [0.25, 0.3) is 11.5 Å². The summed E-state index contributed by atoms with van der Waals surface area (Å²) in [5.41, 5.74) is 3.01. The quantitative estimate of drug-likeness (QED) is 0.854. The summed E-state index contributed by atoms with van der Waals surface area (Å²) in [6.07, 6.45) is 3.37. The first-order chi connectivity index (χ1) is 9.63. The van der Waals surface area contributed by atoms with Crippen LogP contribution in [0.15, 0.2) is 35.4 Å². The number of benzene rings is 1. The van der Waals surface area contributed by atoms with Crippen molar-refractivity contribution < 1.29 is 4.79 Å². The van der Waals surface area contributed by atoms with Gasteiger partial charge in [-0.1, -0.05) is 0 Å². The molecule has 0 spiro atoms. The summed E-state index contributed by atoms with van der Waals surface area (Å²) in [6, 6.07) is 5.84. The molecule has 6 heteroatoms. The molecular formula is C14H14N4O2. The minimum absolute atomic E-state index is 0.183. The van der Waals surface area contributed by atoms with E-state index in [2.05, 4.69) is 20.2 Å². The Bertz CT molecular complexity index is 703. The van der Waals surface area contributed by atoms with E-state index in [1.54, 1.807) is 0 Å². The van der Waals surface area contributed by atoms with E-state index in [1.165, 1.54) is 17.4 Å². The lowest BCUT2D eigenvalue weighted by Crippen LogP contribution is -2.17. The molecule has 0 aliphatic carbocycles. The summed E-state index contributed by atoms with van der Waals surface area (Å²) in [6.45, 7) is 0.994. The molecule has 0 radical (unpaired) electrons. The first kappa shape index (κ1) is 12.4. The summed E-state index contributed by atoms with van der Waals surface area (Å²) in [4.78, 5) is 31.3. The van der Waals surface area contributed by atoms with Crippen molar-refractivity contribution in [3.63, 3.8) is 0 Å². The van der Waals surface area contributed by atoms with E-state index in [0.29, 0.717) is 0 Å². The maximum atomic E-state index is 12.0. The number of likely N-dealkylation sites (N-methyl/N-ethyl adjacent to an activating group) is 1. The number of H-pyrrole nitrogens is 1. The minimum atomic E-state index is -0.340. The van der Waals surface area contributed by atoms with Crippen LogP contribution >= 0.6 is 0 Å². The van der Waals surface area contributed by atoms with Crippen LogP contribution in [0.5, 0.6) is 0 Å². The lowest BCUT2D eigenvalue weighted by atomic mass is 10.1. The Hall–Kier alpha value is -2.63. The summed E-state index contributed by atoms with van der Waals surface area (Å²) in [7, 11) is 2.05. The summed E-state index contributed by atoms with van der Waals surface area (Å²) in [5, 5.41) is 2.78. The predicted molar refractivity (Wildman–Crippen MR) is 76.2 cm³/mol. The van der Waals surface area contributed by atoms with Gasteiger partial charge >= 0.3 is 0 Å². The van der Waals surface area contributed by atoms with Gasteiger partial charge in [-0.15, -0.1) is 0 Å². The first-order valence-corrected chi connectivity index (χ1v) is 6.33. The van der Waals surface area contributed by atoms with Crippen molar-refractivity contribution in [1.82, 2.24) is 9.97 Å². The number of fused-ring (bicyclic) bond motifs is 1. The highest BCUT2D eigenvalue weighted by atomic mass is 16.2. The lowest BCUT2D eigenvalue weighted by molar-refractivity contribution is 0.102. The Morgan fingerprint density at radius 1 is 1.45 bits per heavy atom. The van der Waals surface area contributed by atoms with Crippen LogP contribution in [0.3, 0.4) is 0 Å². The average molecular weight is 270 g/mol. The minimum Gasteiger partial charge on any atom is -0.374 e. The Labute approximate surface area is 115 Å². The molecule has 0 saturated heterocycles. The van der Waals surface area contributed by atoms with Gasteiger partial charge in [-0.05, 0) is 30.2 Å². The molecule has 1 aliphatic rings. The van der Waals surface area contributed by atoms with Crippen LogP contribution in [0, 0.1) is 0 Å². The van der Waals surface area contributed by atoms with Gasteiger partial charge in [-0.25, -0.2) is 4.98 Å². The molecule has 0 unspecified atom stereocenters. The van der Waals surface area contributed by atoms with Crippen LogP contribution in [0.1, 0.15) is 16.1 Å². The maximum Gasteiger partial charge on any atom is 0.275 e. The molecule has 1 aliphatic heterocycles. The molecule has 1 amide bonds. The van der Waals surface area contributed by atoms with Gasteiger partial charge < -0.3 is 15.2 Å². The highest BCUT2D eigenvalue weighted by molar-refractivity contribution is 6.02. The molecule has 1 aromatic carbocycles. The van der Waals surface area contributed by atoms with Gasteiger partial charge in [-0.3, -0.25) is 9.59 Å². The monoisotopic (exact) mass is 270 g/mol. The SMILES string of the molecule is CN1CCc2cc(NC(=O)c3c[nH]c(=O)cn3)ccc21. The van der Waals surface area contributed by atoms with Gasteiger partial charge in [0.15, 0.2) is 0 Å². The molecule has 2 aromatic rings. The van der Waals surface area contributed by atoms with Crippen LogP contribution in [0.2, 0.25) is 0 Å². The number of rotatable bonds is 2. The fraction of sp³-hybridized carbons (Fsp3) is 0.214. The predicted octanol–water partition coefficient (Wildman–Crippen LogP) is 1.01. The Morgan fingerprint density at radius 3 is 3.05 bits per heavy atom. The zero-order chi connectivity index (χ0) is 14.1. The second-order valence-electron chi connectivity index (χ2n) is 4.77. The van der Waals surface area contributed by atoms with Crippen LogP contribution in [0.4, 0.5) is 11.4 Å². The molecule has 6 nitrogen and oxygen atoms in total. The maximum absolute atomic E-state index is 12.0. The number of hydrogen-bond donors (Lipinski definition) is 2. The number of aromatic nitrogens is 2. The number of carbonyl (C=O) groups excluding carboxylic acids is 1. The average Bonchev–Trinajstić information content (AvgIpc) is 2.81. The van der Waals surface area contributed by atoms with Gasteiger partial charge in [0, 0.05) is 31.2 Å². The normalized spacial score (nSPS) is 13.2. The molecule has 3 rings (SSSR count). The summed E-state index contributed by atoms with van der Waals surface area (Å²) in [5.74, 6) is -0.340. The molecule has 20 heavy (non-hydrogen) atoms. The number of carbonyl (C=O) groups is 1. The van der Waals surface area contributed by atoms with Crippen molar-refractivity contribution in [3.05, 3.63) is 52.2 Å². The van der Waals surface area contributed by atoms with Gasteiger partial charge in [0.1, 0.15) is 5.69 Å². The van der Waals surface area contributed by atoms with E-state index in [9.17, 15) is 9.59 Å². The fourth-order valence-corrected chi connectivity index (χ4v) is 2.31. The number of anilines is 2. The number of nitrogens with zero attached hydrogens (tertiary/aromatic N) is 2. The van der Waals surface area contributed by atoms with Crippen molar-refractivity contribution in [2.75, 3.05) is 23.8 Å². The number of hydrogen-bond acceptors (Lipinski definition) is 4. The third-order valence-electron chi connectivity index (χ3n) is 3.37. The largest absolute Gasteiger partial charge is 0.374 e. The number of aromatic amines is 1. The molecule has 0 fully saturated rings. The van der Waals surface area contributed by atoms with Crippen molar-refractivity contribution >= 4 is 17.3 Å². The van der Waals surface area contributed by atoms with Crippen molar-refractivity contribution in [2.24, 2.45) is 0 Å². The smallest absolute Gasteiger partial charge is 0.275 e. The van der Waals surface area contributed by atoms with Gasteiger partial charge in [0.2, 0.25) is 0 Å². The Balaban J connectivity index is 1.80. The van der Waals surface area contributed by atoms with Gasteiger partial charge in [0.05, 0.1) is 6.20 Å². The molecular weight excluding hydrogens is 256 g/mol. The van der Waals surface area contributed by atoms with E-state index >= 15 is 0 Å². The van der Waals surface area contributed by atoms with Crippen LogP contribution < -0.4 is 15.8 Å². The van der Waals surface area contributed by atoms with E-state index in [0.717, 1.165) is 24.8 Å². The van der Waals surface area contributed by atoms with Crippen molar-refractivity contribution in [2.45, 2.75) is 6.42 Å². The summed E-state index contributed by atoms with van der Waals surface area (Å²) < 4.78 is 0. The van der Waals surface area contributed by atoms with Crippen LogP contribution in [-0.4, -0.2) is 29.5 Å². The van der Waals surface area contributed by atoms with Crippen molar-refractivity contribution in [1.29, 1.82) is 0 Å². The first-order valence-electron chi connectivity index (χ1n) is 6.33. The lowest BCUT2D eigenvalue weighted by Gasteiger charge is -2.12. The molecule has 2 heterocycles. The standard InChI is InChI=1S/C14H14N4O2/c1-18-5-4-9-6-10(2-3-12(9)18)17-14(20)11-7-16-13(19)8-15-11/h2-3,6-8H,4-5H2,1H3,(H,16,19)(H,17,20). The molecule has 0 bridgehead atoms. The zero-order valence-corrected chi connectivity index (χ0v) is 11.0. The van der Waals surface area contributed by atoms with E-state index in [4.69, 9.17) is 0 Å². The fourth-order valence-electron chi connectivity index (χ4n) is 2.31. The molecule has 0 atom stereocenters. The van der Waals surface area contributed by atoms with Crippen molar-refractivity contribution in [3.8, 4) is 0 Å². The third-order valence-corrected chi connectivity index (χ3v) is 3.37. The number of amides is 1. The van der Waals surface area contributed by atoms with E-state index < -0.39 is 0 Å². The highest BCUT2D eigenvalue weighted by Gasteiger charge is 2.16. The third kappa shape index (κ3) is 2.27. The zero-order valence-electron chi connectivity index (χ0n) is 11.0. The molecule has 1 aromatic heterocycles. The second-order valence-corrected chi connectivity index (χ2v) is 4.77. The Kier molecular flexibility index (Phi) is 2.98. The topological polar surface area (TPSA) is 78.1 Å². The second kappa shape index (κ2) is 4.80. The van der Waals surface area contributed by atoms with E-state index in [-0.39, 0.29) is 17.2 Å². The van der Waals surface area contributed by atoms with Gasteiger partial charge in [-0.2, -0.15) is 0 Å².